The third-order valence-corrected chi connectivity index (χ3v) is 1.12. The fourth-order valence-corrected chi connectivity index (χ4v) is 0.633. The summed E-state index contributed by atoms with van der Waals surface area (Å²) in [6.45, 7) is 1.83. The molecule has 4 nitrogen and oxygen atoms in total. The molecular weight excluding hydrogens is 130 g/mol. The summed E-state index contributed by atoms with van der Waals surface area (Å²) in [5.74, 6) is 0.461. The molecule has 0 aliphatic heterocycles. The Balaban J connectivity index is 3.09. The van der Waals surface area contributed by atoms with Crippen molar-refractivity contribution in [1.29, 1.82) is 0 Å². The Morgan fingerprint density at radius 2 is 2.30 bits per heavy atom. The van der Waals surface area contributed by atoms with Crippen molar-refractivity contribution in [2.75, 3.05) is 7.11 Å². The van der Waals surface area contributed by atoms with Crippen LogP contribution in [-0.4, -0.2) is 17.1 Å². The van der Waals surface area contributed by atoms with Gasteiger partial charge in [-0.2, -0.15) is 4.98 Å². The first-order chi connectivity index (χ1) is 4.74. The molecule has 10 heavy (non-hydrogen) atoms. The molecule has 1 heterocycles. The lowest BCUT2D eigenvalue weighted by atomic mass is 10.4. The van der Waals surface area contributed by atoms with Gasteiger partial charge in [0, 0.05) is 11.8 Å². The fourth-order valence-electron chi connectivity index (χ4n) is 0.633. The molecule has 1 radical (unpaired) electrons. The quantitative estimate of drug-likeness (QED) is 0.574. The second-order valence-corrected chi connectivity index (χ2v) is 1.89. The van der Waals surface area contributed by atoms with Crippen molar-refractivity contribution < 1.29 is 4.74 Å². The first-order valence-corrected chi connectivity index (χ1v) is 2.83. The second-order valence-electron chi connectivity index (χ2n) is 1.89. The van der Waals surface area contributed by atoms with Crippen LogP contribution in [0.15, 0.2) is 6.20 Å². The zero-order valence-electron chi connectivity index (χ0n) is 5.88. The standard InChI is InChI=1S/C6H8N3O/c1-4-3-8-6(7)9-5(4)10-2/h3,7H,1-2H3. The molecule has 0 fully saturated rings. The molecule has 0 spiro atoms. The van der Waals surface area contributed by atoms with E-state index >= 15 is 0 Å². The molecule has 0 saturated carbocycles. The van der Waals surface area contributed by atoms with Crippen LogP contribution >= 0.6 is 0 Å². The van der Waals surface area contributed by atoms with Crippen LogP contribution in [0.4, 0.5) is 5.95 Å². The molecule has 0 aromatic carbocycles. The lowest BCUT2D eigenvalue weighted by Crippen LogP contribution is -1.93. The maximum atomic E-state index is 7.03. The van der Waals surface area contributed by atoms with Crippen LogP contribution < -0.4 is 10.5 Å². The van der Waals surface area contributed by atoms with Gasteiger partial charge in [-0.05, 0) is 6.92 Å². The van der Waals surface area contributed by atoms with Crippen molar-refractivity contribution in [2.24, 2.45) is 0 Å². The van der Waals surface area contributed by atoms with E-state index in [1.807, 2.05) is 6.92 Å². The number of methoxy groups -OCH3 is 1. The van der Waals surface area contributed by atoms with Gasteiger partial charge in [0.05, 0.1) is 7.11 Å². The number of ether oxygens (including phenoxy) is 1. The molecule has 0 aliphatic rings. The topological polar surface area (TPSA) is 58.8 Å². The Morgan fingerprint density at radius 3 is 2.80 bits per heavy atom. The number of aromatic nitrogens is 2. The molecule has 0 atom stereocenters. The molecule has 0 unspecified atom stereocenters. The highest BCUT2D eigenvalue weighted by molar-refractivity contribution is 5.26. The average molecular weight is 138 g/mol. The van der Waals surface area contributed by atoms with E-state index in [2.05, 4.69) is 9.97 Å². The van der Waals surface area contributed by atoms with E-state index in [-0.39, 0.29) is 5.95 Å². The SMILES string of the molecule is COc1nc([NH])ncc1C. The molecule has 1 rings (SSSR count). The molecule has 4 heteroatoms. The monoisotopic (exact) mass is 138 g/mol. The molecule has 1 N–H and O–H groups in total. The van der Waals surface area contributed by atoms with Gasteiger partial charge in [0.15, 0.2) is 0 Å². The summed E-state index contributed by atoms with van der Waals surface area (Å²) < 4.78 is 4.85. The van der Waals surface area contributed by atoms with E-state index in [1.54, 1.807) is 6.20 Å². The van der Waals surface area contributed by atoms with Crippen molar-refractivity contribution in [2.45, 2.75) is 6.92 Å². The minimum atomic E-state index is -0.0116. The Morgan fingerprint density at radius 1 is 1.60 bits per heavy atom. The van der Waals surface area contributed by atoms with Gasteiger partial charge in [0.1, 0.15) is 0 Å². The van der Waals surface area contributed by atoms with Crippen molar-refractivity contribution in [3.05, 3.63) is 11.8 Å². The van der Waals surface area contributed by atoms with Gasteiger partial charge in [-0.25, -0.2) is 4.98 Å². The van der Waals surface area contributed by atoms with Crippen LogP contribution in [0.1, 0.15) is 5.56 Å². The largest absolute Gasteiger partial charge is 0.481 e. The number of hydrogen-bond donors (Lipinski definition) is 0. The zero-order valence-corrected chi connectivity index (χ0v) is 5.88. The third kappa shape index (κ3) is 1.15. The summed E-state index contributed by atoms with van der Waals surface area (Å²) in [5, 5.41) is 0. The van der Waals surface area contributed by atoms with E-state index in [1.165, 1.54) is 7.11 Å². The molecule has 0 amide bonds. The third-order valence-electron chi connectivity index (χ3n) is 1.12. The lowest BCUT2D eigenvalue weighted by molar-refractivity contribution is 0.394. The predicted octanol–water partition coefficient (Wildman–Crippen LogP) is 0.708. The molecule has 0 aliphatic carbocycles. The first-order valence-electron chi connectivity index (χ1n) is 2.83. The van der Waals surface area contributed by atoms with Crippen LogP contribution in [0.3, 0.4) is 0 Å². The normalized spacial score (nSPS) is 9.40. The zero-order chi connectivity index (χ0) is 7.56. The molecule has 0 bridgehead atoms. The summed E-state index contributed by atoms with van der Waals surface area (Å²) in [5.41, 5.74) is 7.88. The van der Waals surface area contributed by atoms with Crippen LogP contribution in [-0.2, 0) is 0 Å². The summed E-state index contributed by atoms with van der Waals surface area (Å²) in [6.07, 6.45) is 1.56. The van der Waals surface area contributed by atoms with Crippen LogP contribution in [0.25, 0.3) is 0 Å². The number of aryl methyl sites for hydroxylation is 1. The van der Waals surface area contributed by atoms with Crippen molar-refractivity contribution in [3.8, 4) is 5.88 Å². The van der Waals surface area contributed by atoms with Gasteiger partial charge >= 0.3 is 0 Å². The van der Waals surface area contributed by atoms with Gasteiger partial charge in [-0.1, -0.05) is 0 Å². The van der Waals surface area contributed by atoms with Gasteiger partial charge in [0.25, 0.3) is 0 Å². The molecule has 1 aromatic rings. The van der Waals surface area contributed by atoms with E-state index in [9.17, 15) is 0 Å². The number of nitrogens with one attached hydrogen (secondary N) is 1. The molecule has 0 saturated heterocycles. The van der Waals surface area contributed by atoms with Crippen molar-refractivity contribution in [1.82, 2.24) is 15.7 Å². The minimum absolute atomic E-state index is 0.0116. The van der Waals surface area contributed by atoms with E-state index in [0.717, 1.165) is 5.56 Å². The second kappa shape index (κ2) is 2.51. The van der Waals surface area contributed by atoms with E-state index < -0.39 is 0 Å². The molecule has 53 valence electrons. The predicted molar refractivity (Wildman–Crippen MR) is 36.1 cm³/mol. The summed E-state index contributed by atoms with van der Waals surface area (Å²) in [6, 6.07) is 0. The minimum Gasteiger partial charge on any atom is -0.481 e. The van der Waals surface area contributed by atoms with Gasteiger partial charge < -0.3 is 4.74 Å². The van der Waals surface area contributed by atoms with Crippen LogP contribution in [0.5, 0.6) is 5.88 Å². The number of nitrogens with zero attached hydrogens (tertiary/aromatic N) is 2. The maximum Gasteiger partial charge on any atom is 0.245 e. The molecule has 1 aromatic heterocycles. The van der Waals surface area contributed by atoms with E-state index in [0.29, 0.717) is 5.88 Å². The van der Waals surface area contributed by atoms with E-state index in [4.69, 9.17) is 10.5 Å². The summed E-state index contributed by atoms with van der Waals surface area (Å²) in [7, 11) is 1.52. The number of hydrogen-bond acceptors (Lipinski definition) is 3. The smallest absolute Gasteiger partial charge is 0.245 e. The molecular formula is C6H8N3O. The Hall–Kier alpha value is -1.32. The van der Waals surface area contributed by atoms with Crippen LogP contribution in [0.2, 0.25) is 0 Å². The fraction of sp³-hybridized carbons (Fsp3) is 0.333. The lowest BCUT2D eigenvalue weighted by Gasteiger charge is -2.00. The first kappa shape index (κ1) is 6.80. The van der Waals surface area contributed by atoms with Gasteiger partial charge in [-0.3, -0.25) is 5.73 Å². The number of rotatable bonds is 1. The van der Waals surface area contributed by atoms with Crippen LogP contribution in [0, 0.1) is 6.92 Å². The van der Waals surface area contributed by atoms with Gasteiger partial charge in [-0.15, -0.1) is 0 Å². The Kier molecular flexibility index (Phi) is 1.71. The Bertz CT molecular complexity index is 236. The Labute approximate surface area is 59.1 Å². The highest BCUT2D eigenvalue weighted by Gasteiger charge is 1.99. The highest BCUT2D eigenvalue weighted by atomic mass is 16.5. The van der Waals surface area contributed by atoms with Crippen molar-refractivity contribution in [3.63, 3.8) is 0 Å². The van der Waals surface area contributed by atoms with Crippen molar-refractivity contribution >= 4 is 5.95 Å². The highest BCUT2D eigenvalue weighted by Crippen LogP contribution is 2.12. The maximum absolute atomic E-state index is 7.03. The van der Waals surface area contributed by atoms with Gasteiger partial charge in [0.2, 0.25) is 11.8 Å². The summed E-state index contributed by atoms with van der Waals surface area (Å²) in [4.78, 5) is 7.39. The summed E-state index contributed by atoms with van der Waals surface area (Å²) >= 11 is 0. The average Bonchev–Trinajstić information content (AvgIpc) is 1.94.